The Morgan fingerprint density at radius 1 is 1.25 bits per heavy atom. The fourth-order valence-electron chi connectivity index (χ4n) is 3.40. The molecule has 2 heterocycles. The Morgan fingerprint density at radius 3 is 2.54 bits per heavy atom. The van der Waals surface area contributed by atoms with Crippen molar-refractivity contribution < 1.29 is 13.2 Å². The standard InChI is InChI=1S/C15H22N4O4S/c1-17-14(20)10-12-9-11(3-4-13(12)16-17)15(21)18-5-7-19(8-6-18)24(2,22)23/h10-11H,3-9H2,1-2H3. The Hall–Kier alpha value is -1.74. The summed E-state index contributed by atoms with van der Waals surface area (Å²) in [6.45, 7) is 1.53. The minimum absolute atomic E-state index is 0.0504. The lowest BCUT2D eigenvalue weighted by atomic mass is 9.86. The van der Waals surface area contributed by atoms with Gasteiger partial charge in [0.05, 0.1) is 11.9 Å². The average molecular weight is 354 g/mol. The summed E-state index contributed by atoms with van der Waals surface area (Å²) in [5.74, 6) is -0.106. The van der Waals surface area contributed by atoms with Gasteiger partial charge in [0.1, 0.15) is 0 Å². The molecule has 0 bridgehead atoms. The zero-order valence-electron chi connectivity index (χ0n) is 13.9. The molecular formula is C15H22N4O4S. The quantitative estimate of drug-likeness (QED) is 0.678. The van der Waals surface area contributed by atoms with Crippen LogP contribution in [0.5, 0.6) is 0 Å². The van der Waals surface area contributed by atoms with Crippen LogP contribution in [0, 0.1) is 5.92 Å². The number of hydrogen-bond acceptors (Lipinski definition) is 5. The monoisotopic (exact) mass is 354 g/mol. The molecule has 2 aliphatic rings. The number of amides is 1. The van der Waals surface area contributed by atoms with Gasteiger partial charge in [-0.1, -0.05) is 0 Å². The Morgan fingerprint density at radius 2 is 1.92 bits per heavy atom. The third kappa shape index (κ3) is 3.36. The molecule has 9 heteroatoms. The molecule has 0 aromatic carbocycles. The van der Waals surface area contributed by atoms with E-state index in [4.69, 9.17) is 0 Å². The summed E-state index contributed by atoms with van der Waals surface area (Å²) >= 11 is 0. The van der Waals surface area contributed by atoms with Crippen LogP contribution in [0.4, 0.5) is 0 Å². The van der Waals surface area contributed by atoms with Crippen molar-refractivity contribution in [3.05, 3.63) is 27.7 Å². The van der Waals surface area contributed by atoms with Crippen molar-refractivity contribution in [2.24, 2.45) is 13.0 Å². The number of carbonyl (C=O) groups excluding carboxylic acids is 1. The van der Waals surface area contributed by atoms with Gasteiger partial charge in [0, 0.05) is 45.2 Å². The second kappa shape index (κ2) is 6.29. The van der Waals surface area contributed by atoms with Crippen LogP contribution in [-0.2, 0) is 34.7 Å². The second-order valence-electron chi connectivity index (χ2n) is 6.51. The highest BCUT2D eigenvalue weighted by Crippen LogP contribution is 2.25. The van der Waals surface area contributed by atoms with Crippen LogP contribution in [0.1, 0.15) is 17.7 Å². The molecule has 1 fully saturated rings. The molecule has 132 valence electrons. The summed E-state index contributed by atoms with van der Waals surface area (Å²) in [5, 5.41) is 4.26. The first-order chi connectivity index (χ1) is 11.3. The van der Waals surface area contributed by atoms with Crippen molar-refractivity contribution in [1.82, 2.24) is 19.0 Å². The zero-order chi connectivity index (χ0) is 17.5. The molecule has 24 heavy (non-hydrogen) atoms. The second-order valence-corrected chi connectivity index (χ2v) is 8.49. The smallest absolute Gasteiger partial charge is 0.266 e. The summed E-state index contributed by atoms with van der Waals surface area (Å²) in [7, 11) is -1.57. The summed E-state index contributed by atoms with van der Waals surface area (Å²) < 4.78 is 25.8. The van der Waals surface area contributed by atoms with E-state index in [0.717, 1.165) is 11.3 Å². The third-order valence-corrected chi connectivity index (χ3v) is 6.13. The Labute approximate surface area is 141 Å². The molecule has 3 rings (SSSR count). The fourth-order valence-corrected chi connectivity index (χ4v) is 4.22. The van der Waals surface area contributed by atoms with Gasteiger partial charge in [0.15, 0.2) is 0 Å². The maximum atomic E-state index is 12.7. The van der Waals surface area contributed by atoms with Gasteiger partial charge in [-0.15, -0.1) is 0 Å². The Bertz CT molecular complexity index is 809. The lowest BCUT2D eigenvalue weighted by Crippen LogP contribution is -2.52. The third-order valence-electron chi connectivity index (χ3n) is 4.82. The highest BCUT2D eigenvalue weighted by molar-refractivity contribution is 7.88. The summed E-state index contributed by atoms with van der Waals surface area (Å²) in [4.78, 5) is 26.2. The van der Waals surface area contributed by atoms with E-state index >= 15 is 0 Å². The summed E-state index contributed by atoms with van der Waals surface area (Å²) in [6, 6.07) is 1.57. The van der Waals surface area contributed by atoms with Crippen LogP contribution >= 0.6 is 0 Å². The number of hydrogen-bond donors (Lipinski definition) is 0. The summed E-state index contributed by atoms with van der Waals surface area (Å²) in [5.41, 5.74) is 1.59. The average Bonchev–Trinajstić information content (AvgIpc) is 2.54. The van der Waals surface area contributed by atoms with E-state index in [9.17, 15) is 18.0 Å². The lowest BCUT2D eigenvalue weighted by molar-refractivity contribution is -0.137. The largest absolute Gasteiger partial charge is 0.340 e. The van der Waals surface area contributed by atoms with Crippen molar-refractivity contribution in [2.45, 2.75) is 19.3 Å². The van der Waals surface area contributed by atoms with E-state index in [1.54, 1.807) is 18.0 Å². The van der Waals surface area contributed by atoms with Gasteiger partial charge >= 0.3 is 0 Å². The molecule has 0 spiro atoms. The number of fused-ring (bicyclic) bond motifs is 1. The van der Waals surface area contributed by atoms with E-state index in [1.807, 2.05) is 0 Å². The number of piperazine rings is 1. The highest BCUT2D eigenvalue weighted by Gasteiger charge is 2.32. The normalized spacial score (nSPS) is 22.2. The number of aromatic nitrogens is 2. The lowest BCUT2D eigenvalue weighted by Gasteiger charge is -2.36. The zero-order valence-corrected chi connectivity index (χ0v) is 14.8. The topological polar surface area (TPSA) is 92.6 Å². The van der Waals surface area contributed by atoms with Crippen LogP contribution in [0.15, 0.2) is 10.9 Å². The van der Waals surface area contributed by atoms with Gasteiger partial charge in [-0.3, -0.25) is 9.59 Å². The number of sulfonamides is 1. The first-order valence-electron chi connectivity index (χ1n) is 8.05. The SMILES string of the molecule is Cn1nc2c(cc1=O)CC(C(=O)N1CCN(S(C)(=O)=O)CC1)CC2. The van der Waals surface area contributed by atoms with E-state index in [2.05, 4.69) is 5.10 Å². The van der Waals surface area contributed by atoms with E-state index in [0.29, 0.717) is 45.4 Å². The molecule has 1 atom stereocenters. The summed E-state index contributed by atoms with van der Waals surface area (Å²) in [6.07, 6.45) is 3.12. The molecule has 1 aliphatic carbocycles. The van der Waals surface area contributed by atoms with E-state index in [1.165, 1.54) is 15.2 Å². The van der Waals surface area contributed by atoms with Crippen molar-refractivity contribution in [3.8, 4) is 0 Å². The minimum Gasteiger partial charge on any atom is -0.340 e. The minimum atomic E-state index is -3.20. The first-order valence-corrected chi connectivity index (χ1v) is 9.90. The maximum Gasteiger partial charge on any atom is 0.266 e. The maximum absolute atomic E-state index is 12.7. The van der Waals surface area contributed by atoms with Crippen molar-refractivity contribution >= 4 is 15.9 Å². The van der Waals surface area contributed by atoms with Gasteiger partial charge in [-0.25, -0.2) is 13.1 Å². The predicted molar refractivity (Wildman–Crippen MR) is 88.0 cm³/mol. The Balaban J connectivity index is 1.67. The van der Waals surface area contributed by atoms with Crippen LogP contribution in [0.3, 0.4) is 0 Å². The molecule has 0 N–H and O–H groups in total. The number of carbonyl (C=O) groups is 1. The number of aryl methyl sites for hydroxylation is 2. The number of rotatable bonds is 2. The van der Waals surface area contributed by atoms with Crippen LogP contribution < -0.4 is 5.56 Å². The van der Waals surface area contributed by atoms with E-state index < -0.39 is 10.0 Å². The molecular weight excluding hydrogens is 332 g/mol. The number of nitrogens with zero attached hydrogens (tertiary/aromatic N) is 4. The van der Waals surface area contributed by atoms with E-state index in [-0.39, 0.29) is 17.4 Å². The molecule has 1 saturated heterocycles. The molecule has 1 amide bonds. The molecule has 1 aromatic rings. The van der Waals surface area contributed by atoms with Gasteiger partial charge in [0.25, 0.3) is 5.56 Å². The highest BCUT2D eigenvalue weighted by atomic mass is 32.2. The van der Waals surface area contributed by atoms with Crippen molar-refractivity contribution in [2.75, 3.05) is 32.4 Å². The molecule has 1 aliphatic heterocycles. The fraction of sp³-hybridized carbons (Fsp3) is 0.667. The molecule has 0 radical (unpaired) electrons. The first kappa shape index (κ1) is 17.1. The van der Waals surface area contributed by atoms with Gasteiger partial charge in [-0.2, -0.15) is 9.40 Å². The van der Waals surface area contributed by atoms with Gasteiger partial charge < -0.3 is 4.90 Å². The predicted octanol–water partition coefficient (Wildman–Crippen LogP) is -1.01. The van der Waals surface area contributed by atoms with Crippen LogP contribution in [0.2, 0.25) is 0 Å². The van der Waals surface area contributed by atoms with Crippen LogP contribution in [0.25, 0.3) is 0 Å². The molecule has 1 aromatic heterocycles. The van der Waals surface area contributed by atoms with Gasteiger partial charge in [0.2, 0.25) is 15.9 Å². The molecule has 8 nitrogen and oxygen atoms in total. The molecule has 1 unspecified atom stereocenters. The van der Waals surface area contributed by atoms with Crippen molar-refractivity contribution in [3.63, 3.8) is 0 Å². The molecule has 0 saturated carbocycles. The Kier molecular flexibility index (Phi) is 4.48. The van der Waals surface area contributed by atoms with Crippen molar-refractivity contribution in [1.29, 1.82) is 0 Å². The van der Waals surface area contributed by atoms with Gasteiger partial charge in [-0.05, 0) is 24.8 Å². The van der Waals surface area contributed by atoms with Crippen LogP contribution in [-0.4, -0.2) is 65.7 Å².